The molecule has 0 aliphatic rings. The molecule has 0 aliphatic heterocycles. The minimum Gasteiger partial charge on any atom is -0.508 e. The molecule has 0 aromatic heterocycles. The lowest BCUT2D eigenvalue weighted by Gasteiger charge is -2.12. The summed E-state index contributed by atoms with van der Waals surface area (Å²) in [5.41, 5.74) is 0.968. The maximum atomic E-state index is 9.07. The van der Waals surface area contributed by atoms with Crippen LogP contribution in [-0.2, 0) is 0 Å². The van der Waals surface area contributed by atoms with Gasteiger partial charge >= 0.3 is 0 Å². The van der Waals surface area contributed by atoms with Gasteiger partial charge in [0.15, 0.2) is 0 Å². The van der Waals surface area contributed by atoms with Gasteiger partial charge in [0.05, 0.1) is 12.0 Å². The van der Waals surface area contributed by atoms with E-state index in [9.17, 15) is 0 Å². The average Bonchev–Trinajstić information content (AvgIpc) is 2.09. The van der Waals surface area contributed by atoms with Crippen LogP contribution in [0.15, 0.2) is 24.3 Å². The molecule has 0 amide bonds. The van der Waals surface area contributed by atoms with Gasteiger partial charge in [-0.3, -0.25) is 0 Å². The number of rotatable bonds is 2. The van der Waals surface area contributed by atoms with Gasteiger partial charge in [-0.25, -0.2) is 0 Å². The molecule has 0 saturated carbocycles. The van der Waals surface area contributed by atoms with Crippen molar-refractivity contribution in [2.45, 2.75) is 19.8 Å². The van der Waals surface area contributed by atoms with E-state index in [1.54, 1.807) is 24.3 Å². The third-order valence-electron chi connectivity index (χ3n) is 2.06. The summed E-state index contributed by atoms with van der Waals surface area (Å²) in [7, 11) is 0. The van der Waals surface area contributed by atoms with Crippen molar-refractivity contribution in [3.05, 3.63) is 29.8 Å². The Balaban J connectivity index is 2.94. The molecule has 68 valence electrons. The summed E-state index contributed by atoms with van der Waals surface area (Å²) in [5.74, 6) is 0.458. The molecule has 1 unspecified atom stereocenters. The molecule has 1 aromatic carbocycles. The Bertz CT molecular complexity index is 308. The molecule has 1 N–H and O–H groups in total. The molecule has 1 rings (SSSR count). The van der Waals surface area contributed by atoms with Crippen molar-refractivity contribution in [2.75, 3.05) is 0 Å². The predicted octanol–water partition coefficient (Wildman–Crippen LogP) is 2.66. The maximum Gasteiger partial charge on any atom is 0.115 e. The molecule has 0 saturated heterocycles. The van der Waals surface area contributed by atoms with Gasteiger partial charge in [0.2, 0.25) is 0 Å². The monoisotopic (exact) mass is 175 g/mol. The molecule has 1 aromatic rings. The van der Waals surface area contributed by atoms with Crippen LogP contribution in [0.5, 0.6) is 5.75 Å². The second kappa shape index (κ2) is 3.95. The van der Waals surface area contributed by atoms with E-state index in [2.05, 4.69) is 6.07 Å². The number of nitrogens with zero attached hydrogens (tertiary/aromatic N) is 1. The Kier molecular flexibility index (Phi) is 2.92. The minimum absolute atomic E-state index is 0.0828. The summed E-state index contributed by atoms with van der Waals surface area (Å²) in [6.45, 7) is 4.03. The smallest absolute Gasteiger partial charge is 0.115 e. The third kappa shape index (κ3) is 2.22. The van der Waals surface area contributed by atoms with Gasteiger partial charge in [0.25, 0.3) is 0 Å². The van der Waals surface area contributed by atoms with Crippen molar-refractivity contribution in [3.8, 4) is 11.8 Å². The second-order valence-corrected chi connectivity index (χ2v) is 3.44. The van der Waals surface area contributed by atoms with Crippen LogP contribution >= 0.6 is 0 Å². The van der Waals surface area contributed by atoms with E-state index in [1.165, 1.54) is 0 Å². The Morgan fingerprint density at radius 2 is 1.77 bits per heavy atom. The lowest BCUT2D eigenvalue weighted by Crippen LogP contribution is -2.03. The zero-order chi connectivity index (χ0) is 9.84. The fourth-order valence-electron chi connectivity index (χ4n) is 1.29. The quantitative estimate of drug-likeness (QED) is 0.750. The fourth-order valence-corrected chi connectivity index (χ4v) is 1.29. The van der Waals surface area contributed by atoms with E-state index in [0.717, 1.165) is 5.56 Å². The van der Waals surface area contributed by atoms with Gasteiger partial charge in [-0.05, 0) is 23.6 Å². The Hall–Kier alpha value is -1.49. The molecule has 0 heterocycles. The molecule has 0 fully saturated rings. The topological polar surface area (TPSA) is 44.0 Å². The number of benzene rings is 1. The van der Waals surface area contributed by atoms with Crippen LogP contribution in [0.2, 0.25) is 0 Å². The summed E-state index contributed by atoms with van der Waals surface area (Å²) < 4.78 is 0. The van der Waals surface area contributed by atoms with Crippen molar-refractivity contribution in [2.24, 2.45) is 5.92 Å². The molecular weight excluding hydrogens is 162 g/mol. The first kappa shape index (κ1) is 9.60. The number of phenols is 1. The summed E-state index contributed by atoms with van der Waals surface area (Å²) in [6.07, 6.45) is 0. The van der Waals surface area contributed by atoms with Crippen molar-refractivity contribution < 1.29 is 5.11 Å². The standard InChI is InChI=1S/C11H13NO/c1-8(2)11(7-12)9-3-5-10(13)6-4-9/h3-6,8,11,13H,1-2H3. The Labute approximate surface area is 78.4 Å². The van der Waals surface area contributed by atoms with Gasteiger partial charge in [-0.15, -0.1) is 0 Å². The number of nitriles is 1. The number of hydrogen-bond acceptors (Lipinski definition) is 2. The van der Waals surface area contributed by atoms with Crippen LogP contribution in [0, 0.1) is 17.2 Å². The number of phenolic OH excluding ortho intramolecular Hbond substituents is 1. The fraction of sp³-hybridized carbons (Fsp3) is 0.364. The summed E-state index contributed by atoms with van der Waals surface area (Å²) in [6, 6.07) is 9.07. The van der Waals surface area contributed by atoms with E-state index in [-0.39, 0.29) is 11.7 Å². The van der Waals surface area contributed by atoms with Crippen molar-refractivity contribution in [3.63, 3.8) is 0 Å². The number of aromatic hydroxyl groups is 1. The van der Waals surface area contributed by atoms with E-state index in [4.69, 9.17) is 10.4 Å². The van der Waals surface area contributed by atoms with Crippen molar-refractivity contribution in [1.82, 2.24) is 0 Å². The highest BCUT2D eigenvalue weighted by Crippen LogP contribution is 2.24. The van der Waals surface area contributed by atoms with Gasteiger partial charge < -0.3 is 5.11 Å². The molecule has 2 nitrogen and oxygen atoms in total. The normalized spacial score (nSPS) is 12.5. The van der Waals surface area contributed by atoms with Crippen LogP contribution in [0.4, 0.5) is 0 Å². The highest BCUT2D eigenvalue weighted by Gasteiger charge is 2.14. The van der Waals surface area contributed by atoms with E-state index >= 15 is 0 Å². The molecule has 0 bridgehead atoms. The predicted molar refractivity (Wildman–Crippen MR) is 51.3 cm³/mol. The van der Waals surface area contributed by atoms with E-state index in [0.29, 0.717) is 5.92 Å². The van der Waals surface area contributed by atoms with Crippen LogP contribution in [0.1, 0.15) is 25.3 Å². The van der Waals surface area contributed by atoms with Gasteiger partial charge in [0.1, 0.15) is 5.75 Å². The minimum atomic E-state index is -0.0828. The third-order valence-corrected chi connectivity index (χ3v) is 2.06. The SMILES string of the molecule is CC(C)C(C#N)c1ccc(O)cc1. The lowest BCUT2D eigenvalue weighted by atomic mass is 9.90. The first-order valence-electron chi connectivity index (χ1n) is 4.33. The molecule has 1 atom stereocenters. The largest absolute Gasteiger partial charge is 0.508 e. The van der Waals surface area contributed by atoms with Gasteiger partial charge in [-0.1, -0.05) is 26.0 Å². The zero-order valence-electron chi connectivity index (χ0n) is 7.86. The van der Waals surface area contributed by atoms with Crippen LogP contribution in [0.25, 0.3) is 0 Å². The first-order valence-corrected chi connectivity index (χ1v) is 4.33. The first-order chi connectivity index (χ1) is 6.15. The number of hydrogen-bond donors (Lipinski definition) is 1. The molecule has 13 heavy (non-hydrogen) atoms. The van der Waals surface area contributed by atoms with Crippen molar-refractivity contribution >= 4 is 0 Å². The summed E-state index contributed by atoms with van der Waals surface area (Å²) in [4.78, 5) is 0. The van der Waals surface area contributed by atoms with Crippen molar-refractivity contribution in [1.29, 1.82) is 5.26 Å². The molecule has 2 heteroatoms. The van der Waals surface area contributed by atoms with Crippen LogP contribution < -0.4 is 0 Å². The molecule has 0 spiro atoms. The lowest BCUT2D eigenvalue weighted by molar-refractivity contribution is 0.474. The Morgan fingerprint density at radius 1 is 1.23 bits per heavy atom. The van der Waals surface area contributed by atoms with E-state index in [1.807, 2.05) is 13.8 Å². The molecule has 0 radical (unpaired) electrons. The highest BCUT2D eigenvalue weighted by molar-refractivity contribution is 5.31. The molecular formula is C11H13NO. The summed E-state index contributed by atoms with van der Waals surface area (Å²) in [5, 5.41) is 18.0. The highest BCUT2D eigenvalue weighted by atomic mass is 16.3. The summed E-state index contributed by atoms with van der Waals surface area (Å²) >= 11 is 0. The average molecular weight is 175 g/mol. The van der Waals surface area contributed by atoms with Gasteiger partial charge in [0, 0.05) is 0 Å². The molecule has 0 aliphatic carbocycles. The van der Waals surface area contributed by atoms with Crippen LogP contribution in [-0.4, -0.2) is 5.11 Å². The Morgan fingerprint density at radius 3 is 2.15 bits per heavy atom. The van der Waals surface area contributed by atoms with Gasteiger partial charge in [-0.2, -0.15) is 5.26 Å². The second-order valence-electron chi connectivity index (χ2n) is 3.44. The van der Waals surface area contributed by atoms with Crippen LogP contribution in [0.3, 0.4) is 0 Å². The van der Waals surface area contributed by atoms with E-state index < -0.39 is 0 Å². The maximum absolute atomic E-state index is 9.07. The zero-order valence-corrected chi connectivity index (χ0v) is 7.86.